The summed E-state index contributed by atoms with van der Waals surface area (Å²) in [6.07, 6.45) is 2.48. The number of nitrogens with two attached hydrogens (primary N) is 1. The van der Waals surface area contributed by atoms with Crippen molar-refractivity contribution < 1.29 is 13.2 Å². The molecule has 1 saturated carbocycles. The summed E-state index contributed by atoms with van der Waals surface area (Å²) in [5, 5.41) is 0. The smallest absolute Gasteiger partial charge is 0.326 e. The van der Waals surface area contributed by atoms with Crippen LogP contribution in [-0.2, 0) is 0 Å². The van der Waals surface area contributed by atoms with Gasteiger partial charge in [-0.3, -0.25) is 4.90 Å². The van der Waals surface area contributed by atoms with Crippen molar-refractivity contribution >= 4 is 0 Å². The van der Waals surface area contributed by atoms with Crippen LogP contribution in [0.2, 0.25) is 0 Å². The van der Waals surface area contributed by atoms with Gasteiger partial charge in [0.1, 0.15) is 6.04 Å². The Morgan fingerprint density at radius 1 is 1.16 bits per heavy atom. The third-order valence-corrected chi connectivity index (χ3v) is 4.86. The molecule has 1 saturated heterocycles. The molecule has 0 aromatic heterocycles. The largest absolute Gasteiger partial charge is 0.405 e. The van der Waals surface area contributed by atoms with Gasteiger partial charge in [0.25, 0.3) is 0 Å². The van der Waals surface area contributed by atoms with E-state index in [1.807, 2.05) is 0 Å². The van der Waals surface area contributed by atoms with Crippen LogP contribution < -0.4 is 5.73 Å². The molecule has 3 unspecified atom stereocenters. The Hall–Kier alpha value is -0.290. The number of hydrogen-bond donors (Lipinski definition) is 1. The van der Waals surface area contributed by atoms with Gasteiger partial charge in [-0.05, 0) is 44.6 Å². The predicted molar refractivity (Wildman–Crippen MR) is 69.8 cm³/mol. The fourth-order valence-electron chi connectivity index (χ4n) is 3.91. The van der Waals surface area contributed by atoms with Crippen LogP contribution in [0.3, 0.4) is 0 Å². The van der Waals surface area contributed by atoms with Gasteiger partial charge < -0.3 is 5.73 Å². The SMILES string of the molecule is CCC(N)C(N1CCCC1C1CCCC1)C(F)(F)F. The van der Waals surface area contributed by atoms with Crippen LogP contribution in [0.5, 0.6) is 0 Å². The summed E-state index contributed by atoms with van der Waals surface area (Å²) in [4.78, 5) is 1.68. The lowest BCUT2D eigenvalue weighted by atomic mass is 9.93. The Kier molecular flexibility index (Phi) is 4.77. The summed E-state index contributed by atoms with van der Waals surface area (Å²) in [6, 6.07) is -2.15. The molecule has 2 aliphatic rings. The zero-order valence-electron chi connectivity index (χ0n) is 11.6. The van der Waals surface area contributed by atoms with E-state index >= 15 is 0 Å². The van der Waals surface area contributed by atoms with E-state index in [4.69, 9.17) is 5.73 Å². The molecule has 0 bridgehead atoms. The average Bonchev–Trinajstić information content (AvgIpc) is 2.96. The van der Waals surface area contributed by atoms with Gasteiger partial charge in [-0.15, -0.1) is 0 Å². The van der Waals surface area contributed by atoms with E-state index in [1.165, 1.54) is 12.8 Å². The monoisotopic (exact) mass is 278 g/mol. The third kappa shape index (κ3) is 3.24. The zero-order chi connectivity index (χ0) is 14.0. The van der Waals surface area contributed by atoms with Crippen molar-refractivity contribution in [2.45, 2.75) is 76.2 Å². The molecule has 3 atom stereocenters. The second-order valence-electron chi connectivity index (χ2n) is 6.05. The van der Waals surface area contributed by atoms with Gasteiger partial charge in [0, 0.05) is 12.1 Å². The van der Waals surface area contributed by atoms with E-state index in [0.717, 1.165) is 25.7 Å². The molecular weight excluding hydrogens is 253 g/mol. The molecule has 1 aliphatic carbocycles. The van der Waals surface area contributed by atoms with Crippen molar-refractivity contribution in [1.29, 1.82) is 0 Å². The van der Waals surface area contributed by atoms with Gasteiger partial charge >= 0.3 is 6.18 Å². The van der Waals surface area contributed by atoms with Gasteiger partial charge in [0.15, 0.2) is 0 Å². The summed E-state index contributed by atoms with van der Waals surface area (Å²) >= 11 is 0. The second kappa shape index (κ2) is 6.00. The van der Waals surface area contributed by atoms with Crippen molar-refractivity contribution in [3.63, 3.8) is 0 Å². The first-order valence-electron chi connectivity index (χ1n) is 7.53. The van der Waals surface area contributed by atoms with E-state index < -0.39 is 18.3 Å². The summed E-state index contributed by atoms with van der Waals surface area (Å²) < 4.78 is 40.0. The first kappa shape index (κ1) is 15.1. The molecule has 5 heteroatoms. The van der Waals surface area contributed by atoms with Crippen molar-refractivity contribution in [1.82, 2.24) is 4.90 Å². The van der Waals surface area contributed by atoms with Crippen LogP contribution in [0.4, 0.5) is 13.2 Å². The maximum absolute atomic E-state index is 13.3. The molecule has 19 heavy (non-hydrogen) atoms. The molecule has 1 heterocycles. The number of likely N-dealkylation sites (tertiary alicyclic amines) is 1. The van der Waals surface area contributed by atoms with Crippen molar-refractivity contribution in [3.05, 3.63) is 0 Å². The van der Waals surface area contributed by atoms with Crippen molar-refractivity contribution in [3.8, 4) is 0 Å². The minimum atomic E-state index is -4.21. The van der Waals surface area contributed by atoms with Crippen LogP contribution in [0.15, 0.2) is 0 Å². The second-order valence-corrected chi connectivity index (χ2v) is 6.05. The molecule has 0 amide bonds. The van der Waals surface area contributed by atoms with Crippen molar-refractivity contribution in [2.24, 2.45) is 11.7 Å². The lowest BCUT2D eigenvalue weighted by Gasteiger charge is -2.39. The molecular formula is C14H25F3N2. The highest BCUT2D eigenvalue weighted by Gasteiger charge is 2.50. The molecule has 0 aromatic rings. The Morgan fingerprint density at radius 2 is 1.79 bits per heavy atom. The summed E-state index contributed by atoms with van der Waals surface area (Å²) in [5.74, 6) is 0.455. The van der Waals surface area contributed by atoms with E-state index in [2.05, 4.69) is 0 Å². The van der Waals surface area contributed by atoms with Crippen LogP contribution in [-0.4, -0.2) is 35.7 Å². The highest BCUT2D eigenvalue weighted by Crippen LogP contribution is 2.40. The number of nitrogens with zero attached hydrogens (tertiary/aromatic N) is 1. The highest BCUT2D eigenvalue weighted by atomic mass is 19.4. The zero-order valence-corrected chi connectivity index (χ0v) is 11.6. The molecule has 0 spiro atoms. The highest BCUT2D eigenvalue weighted by molar-refractivity contribution is 4.96. The minimum absolute atomic E-state index is 0.103. The molecule has 0 aromatic carbocycles. The van der Waals surface area contributed by atoms with E-state index in [1.54, 1.807) is 11.8 Å². The lowest BCUT2D eigenvalue weighted by molar-refractivity contribution is -0.193. The number of rotatable bonds is 4. The molecule has 0 radical (unpaired) electrons. The standard InChI is InChI=1S/C14H25F3N2/c1-2-11(18)13(14(15,16)17)19-9-5-8-12(19)10-6-3-4-7-10/h10-13H,2-9,18H2,1H3. The quantitative estimate of drug-likeness (QED) is 0.855. The van der Waals surface area contributed by atoms with Gasteiger partial charge in [0.2, 0.25) is 0 Å². The molecule has 2 rings (SSSR count). The average molecular weight is 278 g/mol. The molecule has 1 aliphatic heterocycles. The Morgan fingerprint density at radius 3 is 2.32 bits per heavy atom. The maximum Gasteiger partial charge on any atom is 0.405 e. The van der Waals surface area contributed by atoms with Gasteiger partial charge in [0.05, 0.1) is 0 Å². The maximum atomic E-state index is 13.3. The van der Waals surface area contributed by atoms with Gasteiger partial charge in [-0.2, -0.15) is 13.2 Å². The molecule has 112 valence electrons. The van der Waals surface area contributed by atoms with Crippen LogP contribution in [0, 0.1) is 5.92 Å². The topological polar surface area (TPSA) is 29.3 Å². The Balaban J connectivity index is 2.15. The lowest BCUT2D eigenvalue weighted by Crippen LogP contribution is -2.58. The number of alkyl halides is 3. The molecule has 2 nitrogen and oxygen atoms in total. The Labute approximate surface area is 113 Å². The normalized spacial score (nSPS) is 29.8. The number of halogens is 3. The first-order chi connectivity index (χ1) is 8.95. The van der Waals surface area contributed by atoms with Crippen LogP contribution >= 0.6 is 0 Å². The van der Waals surface area contributed by atoms with Gasteiger partial charge in [-0.1, -0.05) is 19.8 Å². The fraction of sp³-hybridized carbons (Fsp3) is 1.00. The van der Waals surface area contributed by atoms with Gasteiger partial charge in [-0.25, -0.2) is 0 Å². The van der Waals surface area contributed by atoms with Crippen LogP contribution in [0.25, 0.3) is 0 Å². The predicted octanol–water partition coefficient (Wildman–Crippen LogP) is 3.31. The van der Waals surface area contributed by atoms with Crippen molar-refractivity contribution in [2.75, 3.05) is 6.54 Å². The van der Waals surface area contributed by atoms with Crippen LogP contribution in [0.1, 0.15) is 51.9 Å². The summed E-state index contributed by atoms with van der Waals surface area (Å²) in [5.41, 5.74) is 5.78. The third-order valence-electron chi connectivity index (χ3n) is 4.86. The number of hydrogen-bond acceptors (Lipinski definition) is 2. The van der Waals surface area contributed by atoms with E-state index in [-0.39, 0.29) is 6.04 Å². The van der Waals surface area contributed by atoms with E-state index in [9.17, 15) is 13.2 Å². The summed E-state index contributed by atoms with van der Waals surface area (Å²) in [6.45, 7) is 2.29. The fourth-order valence-corrected chi connectivity index (χ4v) is 3.91. The van der Waals surface area contributed by atoms with E-state index in [0.29, 0.717) is 18.9 Å². The summed E-state index contributed by atoms with van der Waals surface area (Å²) in [7, 11) is 0. The molecule has 2 N–H and O–H groups in total. The Bertz CT molecular complexity index is 287. The molecule has 2 fully saturated rings. The minimum Gasteiger partial charge on any atom is -0.326 e. The first-order valence-corrected chi connectivity index (χ1v) is 7.53.